The van der Waals surface area contributed by atoms with Crippen LogP contribution in [0.4, 0.5) is 11.4 Å². The Kier molecular flexibility index (Phi) is 2.95. The van der Waals surface area contributed by atoms with Crippen LogP contribution in [0.1, 0.15) is 5.76 Å². The largest absolute Gasteiger partial charge is 0.449 e. The molecule has 0 saturated carbocycles. The molecular weight excluding hydrogens is 316 g/mol. The number of hydrogen-bond acceptors (Lipinski definition) is 5. The minimum atomic E-state index is -0.172. The van der Waals surface area contributed by atoms with E-state index in [2.05, 4.69) is 20.5 Å². The van der Waals surface area contributed by atoms with E-state index < -0.39 is 0 Å². The highest BCUT2D eigenvalue weighted by Crippen LogP contribution is 2.35. The van der Waals surface area contributed by atoms with Gasteiger partial charge in [-0.05, 0) is 18.2 Å². The van der Waals surface area contributed by atoms with Crippen LogP contribution in [0.25, 0.3) is 21.9 Å². The zero-order valence-corrected chi connectivity index (χ0v) is 12.5. The number of furan rings is 1. The number of rotatable bonds is 3. The van der Waals surface area contributed by atoms with Crippen LogP contribution in [0, 0.1) is 5.41 Å². The van der Waals surface area contributed by atoms with Gasteiger partial charge in [-0.2, -0.15) is 5.10 Å². The van der Waals surface area contributed by atoms with Gasteiger partial charge in [0, 0.05) is 22.0 Å². The van der Waals surface area contributed by atoms with Gasteiger partial charge < -0.3 is 15.5 Å². The molecule has 4 aromatic rings. The summed E-state index contributed by atoms with van der Waals surface area (Å²) in [7, 11) is 0. The lowest BCUT2D eigenvalue weighted by molar-refractivity contribution is 0.603. The summed E-state index contributed by atoms with van der Waals surface area (Å²) in [5, 5.41) is 20.1. The topological polar surface area (TPSA) is 117 Å². The average Bonchev–Trinajstić information content (AvgIpc) is 3.12. The Bertz CT molecular complexity index is 1050. The molecule has 1 aromatic carbocycles. The predicted octanol–water partition coefficient (Wildman–Crippen LogP) is 3.39. The van der Waals surface area contributed by atoms with Crippen molar-refractivity contribution in [1.82, 2.24) is 15.2 Å². The van der Waals surface area contributed by atoms with E-state index in [1.54, 1.807) is 36.8 Å². The molecule has 7 nitrogen and oxygen atoms in total. The highest BCUT2D eigenvalue weighted by atomic mass is 35.5. The first kappa shape index (κ1) is 13.6. The minimum Gasteiger partial charge on any atom is -0.449 e. The maximum atomic E-state index is 7.73. The first-order valence-corrected chi connectivity index (χ1v) is 7.12. The van der Waals surface area contributed by atoms with Crippen molar-refractivity contribution in [3.05, 3.63) is 47.6 Å². The second-order valence-electron chi connectivity index (χ2n) is 5.00. The number of anilines is 2. The zero-order valence-electron chi connectivity index (χ0n) is 11.7. The summed E-state index contributed by atoms with van der Waals surface area (Å²) in [6.45, 7) is 0. The van der Waals surface area contributed by atoms with Crippen LogP contribution in [0.5, 0.6) is 0 Å². The zero-order chi connectivity index (χ0) is 16.0. The number of nitrogen functional groups attached to an aromatic ring is 1. The third kappa shape index (κ3) is 2.18. The number of H-pyrrole nitrogens is 1. The number of nitrogens with one attached hydrogen (secondary N) is 3. The molecule has 0 aliphatic carbocycles. The number of aromatic amines is 1. The Morgan fingerprint density at radius 1 is 1.30 bits per heavy atom. The fourth-order valence-electron chi connectivity index (χ4n) is 2.52. The normalized spacial score (nSPS) is 11.2. The maximum Gasteiger partial charge on any atom is 0.193 e. The first-order valence-electron chi connectivity index (χ1n) is 6.74. The number of hydrogen-bond donors (Lipinski definition) is 4. The van der Waals surface area contributed by atoms with Crippen LogP contribution in [0.3, 0.4) is 0 Å². The predicted molar refractivity (Wildman–Crippen MR) is 89.4 cm³/mol. The summed E-state index contributed by atoms with van der Waals surface area (Å²) in [6.07, 6.45) is 4.93. The lowest BCUT2D eigenvalue weighted by Gasteiger charge is -2.08. The second-order valence-corrected chi connectivity index (χ2v) is 5.44. The van der Waals surface area contributed by atoms with Crippen LogP contribution < -0.4 is 11.1 Å². The monoisotopic (exact) mass is 326 g/mol. The third-order valence-electron chi connectivity index (χ3n) is 3.52. The van der Waals surface area contributed by atoms with E-state index >= 15 is 0 Å². The minimum absolute atomic E-state index is 0.172. The van der Waals surface area contributed by atoms with Gasteiger partial charge >= 0.3 is 0 Å². The van der Waals surface area contributed by atoms with Gasteiger partial charge in [-0.3, -0.25) is 15.5 Å². The molecule has 3 aromatic heterocycles. The fraction of sp³-hybridized carbons (Fsp3) is 0. The Hall–Kier alpha value is -3.06. The molecule has 5 N–H and O–H groups in total. The molecule has 114 valence electrons. The SMILES string of the molecule is N=C(N)c1oc2cnccc2c1Nc1cc(Cl)cc2[nH]ncc12. The van der Waals surface area contributed by atoms with Gasteiger partial charge in [-0.15, -0.1) is 0 Å². The standard InChI is InChI=1S/C15H11ClN6O/c16-7-3-10(9-5-20-22-11(9)4-7)21-13-8-1-2-19-6-12(8)23-14(13)15(17)18/h1-6,21H,(H3,17,18)(H,20,22). The molecule has 0 bridgehead atoms. The lowest BCUT2D eigenvalue weighted by Crippen LogP contribution is -2.11. The van der Waals surface area contributed by atoms with Crippen LogP contribution >= 0.6 is 11.6 Å². The summed E-state index contributed by atoms with van der Waals surface area (Å²) < 4.78 is 5.63. The van der Waals surface area contributed by atoms with Crippen LogP contribution in [0.2, 0.25) is 5.02 Å². The van der Waals surface area contributed by atoms with Crippen molar-refractivity contribution in [3.8, 4) is 0 Å². The molecule has 0 atom stereocenters. The highest BCUT2D eigenvalue weighted by molar-refractivity contribution is 6.32. The van der Waals surface area contributed by atoms with E-state index in [0.29, 0.717) is 16.3 Å². The van der Waals surface area contributed by atoms with Gasteiger partial charge in [0.25, 0.3) is 0 Å². The van der Waals surface area contributed by atoms with Crippen LogP contribution in [0.15, 0.2) is 41.2 Å². The van der Waals surface area contributed by atoms with Crippen molar-refractivity contribution in [2.75, 3.05) is 5.32 Å². The Labute approximate surface area is 135 Å². The molecule has 23 heavy (non-hydrogen) atoms. The molecule has 0 fully saturated rings. The summed E-state index contributed by atoms with van der Waals surface area (Å²) in [5.41, 5.74) is 8.33. The number of fused-ring (bicyclic) bond motifs is 2. The number of nitrogens with two attached hydrogens (primary N) is 1. The smallest absolute Gasteiger partial charge is 0.193 e. The van der Waals surface area contributed by atoms with Gasteiger partial charge in [0.05, 0.1) is 29.3 Å². The molecular formula is C15H11ClN6O. The van der Waals surface area contributed by atoms with Crippen LogP contribution in [-0.2, 0) is 0 Å². The molecule has 0 aliphatic heterocycles. The summed E-state index contributed by atoms with van der Waals surface area (Å²) in [4.78, 5) is 4.02. The lowest BCUT2D eigenvalue weighted by atomic mass is 10.2. The van der Waals surface area contributed by atoms with E-state index in [-0.39, 0.29) is 11.6 Å². The molecule has 0 saturated heterocycles. The molecule has 3 heterocycles. The Morgan fingerprint density at radius 2 is 2.17 bits per heavy atom. The van der Waals surface area contributed by atoms with Crippen molar-refractivity contribution in [2.24, 2.45) is 5.73 Å². The summed E-state index contributed by atoms with van der Waals surface area (Å²) >= 11 is 6.15. The summed E-state index contributed by atoms with van der Waals surface area (Å²) in [6, 6.07) is 5.37. The van der Waals surface area contributed by atoms with Gasteiger partial charge in [-0.25, -0.2) is 0 Å². The quantitative estimate of drug-likeness (QED) is 0.340. The number of pyridine rings is 1. The number of benzene rings is 1. The van der Waals surface area contributed by atoms with E-state index in [4.69, 9.17) is 27.2 Å². The average molecular weight is 327 g/mol. The van der Waals surface area contributed by atoms with Crippen molar-refractivity contribution in [1.29, 1.82) is 5.41 Å². The summed E-state index contributed by atoms with van der Waals surface area (Å²) in [5.74, 6) is 0.0822. The Balaban J connectivity index is 1.94. The molecule has 0 aliphatic rings. The highest BCUT2D eigenvalue weighted by Gasteiger charge is 2.18. The van der Waals surface area contributed by atoms with Crippen molar-refractivity contribution >= 4 is 50.7 Å². The van der Waals surface area contributed by atoms with Crippen molar-refractivity contribution < 1.29 is 4.42 Å². The fourth-order valence-corrected chi connectivity index (χ4v) is 2.74. The second kappa shape index (κ2) is 4.99. The third-order valence-corrected chi connectivity index (χ3v) is 3.74. The molecule has 0 radical (unpaired) electrons. The van der Waals surface area contributed by atoms with Crippen molar-refractivity contribution in [3.63, 3.8) is 0 Å². The number of nitrogens with zero attached hydrogens (tertiary/aromatic N) is 2. The maximum absolute atomic E-state index is 7.73. The van der Waals surface area contributed by atoms with Crippen molar-refractivity contribution in [2.45, 2.75) is 0 Å². The van der Waals surface area contributed by atoms with E-state index in [0.717, 1.165) is 22.0 Å². The van der Waals surface area contributed by atoms with Gasteiger partial charge in [-0.1, -0.05) is 11.6 Å². The molecule has 8 heteroatoms. The van der Waals surface area contributed by atoms with E-state index in [9.17, 15) is 0 Å². The number of halogens is 1. The molecule has 0 amide bonds. The number of aromatic nitrogens is 3. The first-order chi connectivity index (χ1) is 11.1. The molecule has 0 unspecified atom stereocenters. The Morgan fingerprint density at radius 3 is 3.00 bits per heavy atom. The van der Waals surface area contributed by atoms with Gasteiger partial charge in [0.2, 0.25) is 0 Å². The van der Waals surface area contributed by atoms with Gasteiger partial charge in [0.1, 0.15) is 0 Å². The number of amidine groups is 1. The van der Waals surface area contributed by atoms with Gasteiger partial charge in [0.15, 0.2) is 17.2 Å². The molecule has 4 rings (SSSR count). The molecule has 0 spiro atoms. The van der Waals surface area contributed by atoms with Crippen LogP contribution in [-0.4, -0.2) is 21.0 Å². The van der Waals surface area contributed by atoms with E-state index in [1.165, 1.54) is 0 Å². The van der Waals surface area contributed by atoms with E-state index in [1.807, 2.05) is 0 Å².